The summed E-state index contributed by atoms with van der Waals surface area (Å²) in [5.74, 6) is -0.151. The second-order valence-corrected chi connectivity index (χ2v) is 5.33. The van der Waals surface area contributed by atoms with Gasteiger partial charge >= 0.3 is 0 Å². The average Bonchev–Trinajstić information content (AvgIpc) is 2.27. The van der Waals surface area contributed by atoms with Crippen LogP contribution in [0.4, 0.5) is 5.69 Å². The summed E-state index contributed by atoms with van der Waals surface area (Å²) in [6.07, 6.45) is 0. The van der Waals surface area contributed by atoms with E-state index in [0.29, 0.717) is 16.3 Å². The molecule has 0 aliphatic rings. The molecule has 0 radical (unpaired) electrons. The first-order valence-electron chi connectivity index (χ1n) is 5.39. The number of nitrogens with one attached hydrogen (secondary N) is 1. The van der Waals surface area contributed by atoms with Crippen LogP contribution in [0, 0.1) is 6.92 Å². The van der Waals surface area contributed by atoms with Crippen LogP contribution in [-0.2, 0) is 0 Å². The smallest absolute Gasteiger partial charge is 0.255 e. The number of hydrogen-bond donors (Lipinski definition) is 1. The summed E-state index contributed by atoms with van der Waals surface area (Å²) in [4.78, 5) is 12.1. The van der Waals surface area contributed by atoms with Gasteiger partial charge in [-0.2, -0.15) is 0 Å². The van der Waals surface area contributed by atoms with E-state index in [4.69, 9.17) is 11.6 Å². The highest BCUT2D eigenvalue weighted by Crippen LogP contribution is 2.18. The molecule has 0 fully saturated rings. The molecule has 0 saturated heterocycles. The minimum Gasteiger partial charge on any atom is -0.322 e. The number of rotatable bonds is 2. The lowest BCUT2D eigenvalue weighted by Crippen LogP contribution is -2.12. The molecule has 1 N–H and O–H groups in total. The van der Waals surface area contributed by atoms with Gasteiger partial charge in [0, 0.05) is 20.7 Å². The fraction of sp³-hybridized carbons (Fsp3) is 0.0714. The van der Waals surface area contributed by atoms with Crippen LogP contribution < -0.4 is 5.32 Å². The Bertz CT molecular complexity index is 578. The minimum absolute atomic E-state index is 0.151. The lowest BCUT2D eigenvalue weighted by molar-refractivity contribution is 0.102. The third kappa shape index (κ3) is 3.34. The molecule has 4 heteroatoms. The zero-order chi connectivity index (χ0) is 13.1. The summed E-state index contributed by atoms with van der Waals surface area (Å²) >= 11 is 9.24. The number of halogens is 2. The molecule has 0 atom stereocenters. The first-order chi connectivity index (χ1) is 8.54. The van der Waals surface area contributed by atoms with Gasteiger partial charge in [0.25, 0.3) is 5.91 Å². The van der Waals surface area contributed by atoms with Gasteiger partial charge in [-0.15, -0.1) is 0 Å². The van der Waals surface area contributed by atoms with E-state index in [1.165, 1.54) is 0 Å². The lowest BCUT2D eigenvalue weighted by Gasteiger charge is -2.07. The van der Waals surface area contributed by atoms with Gasteiger partial charge in [0.05, 0.1) is 0 Å². The van der Waals surface area contributed by atoms with Crippen LogP contribution in [0.5, 0.6) is 0 Å². The molecule has 0 bridgehead atoms. The minimum atomic E-state index is -0.151. The predicted molar refractivity (Wildman–Crippen MR) is 78.3 cm³/mol. The molecule has 1 amide bonds. The van der Waals surface area contributed by atoms with Crippen molar-refractivity contribution in [1.82, 2.24) is 0 Å². The highest BCUT2D eigenvalue weighted by atomic mass is 79.9. The van der Waals surface area contributed by atoms with Crippen molar-refractivity contribution in [1.29, 1.82) is 0 Å². The molecule has 2 aromatic rings. The first kappa shape index (κ1) is 13.1. The van der Waals surface area contributed by atoms with E-state index >= 15 is 0 Å². The van der Waals surface area contributed by atoms with Crippen molar-refractivity contribution in [3.05, 3.63) is 63.1 Å². The summed E-state index contributed by atoms with van der Waals surface area (Å²) in [5, 5.41) is 3.40. The molecule has 0 aliphatic carbocycles. The molecule has 18 heavy (non-hydrogen) atoms. The van der Waals surface area contributed by atoms with Crippen molar-refractivity contribution in [2.45, 2.75) is 6.92 Å². The molecule has 0 aliphatic heterocycles. The average molecular weight is 325 g/mol. The van der Waals surface area contributed by atoms with Crippen LogP contribution in [-0.4, -0.2) is 5.91 Å². The van der Waals surface area contributed by atoms with E-state index < -0.39 is 0 Å². The number of benzene rings is 2. The van der Waals surface area contributed by atoms with E-state index in [1.807, 2.05) is 19.1 Å². The van der Waals surface area contributed by atoms with Gasteiger partial charge in [-0.25, -0.2) is 0 Å². The first-order valence-corrected chi connectivity index (χ1v) is 6.56. The van der Waals surface area contributed by atoms with E-state index in [9.17, 15) is 4.79 Å². The predicted octanol–water partition coefficient (Wildman–Crippen LogP) is 4.66. The lowest BCUT2D eigenvalue weighted by atomic mass is 10.1. The van der Waals surface area contributed by atoms with Gasteiger partial charge in [0.2, 0.25) is 0 Å². The van der Waals surface area contributed by atoms with Crippen LogP contribution in [0.2, 0.25) is 5.02 Å². The Morgan fingerprint density at radius 2 is 2.00 bits per heavy atom. The van der Waals surface area contributed by atoms with E-state index in [1.54, 1.807) is 30.3 Å². The normalized spacial score (nSPS) is 10.2. The van der Waals surface area contributed by atoms with Gasteiger partial charge in [0.15, 0.2) is 0 Å². The SMILES string of the molecule is Cc1cc(Br)cc(C(=O)Nc2cccc(Cl)c2)c1. The van der Waals surface area contributed by atoms with Crippen molar-refractivity contribution >= 4 is 39.1 Å². The molecule has 2 rings (SSSR count). The largest absolute Gasteiger partial charge is 0.322 e. The Morgan fingerprint density at radius 3 is 2.67 bits per heavy atom. The Balaban J connectivity index is 2.22. The second-order valence-electron chi connectivity index (χ2n) is 3.98. The Morgan fingerprint density at radius 1 is 1.22 bits per heavy atom. The molecule has 0 saturated carbocycles. The van der Waals surface area contributed by atoms with Crippen molar-refractivity contribution < 1.29 is 4.79 Å². The third-order valence-corrected chi connectivity index (χ3v) is 3.08. The van der Waals surface area contributed by atoms with E-state index in [0.717, 1.165) is 10.0 Å². The number of carbonyl (C=O) groups excluding carboxylic acids is 1. The van der Waals surface area contributed by atoms with Crippen LogP contribution in [0.15, 0.2) is 46.9 Å². The standard InChI is InChI=1S/C14H11BrClNO/c1-9-5-10(7-11(15)6-9)14(18)17-13-4-2-3-12(16)8-13/h2-8H,1H3,(H,17,18). The number of anilines is 1. The van der Waals surface area contributed by atoms with Gasteiger partial charge in [-0.1, -0.05) is 33.6 Å². The Kier molecular flexibility index (Phi) is 4.04. The molecule has 0 spiro atoms. The summed E-state index contributed by atoms with van der Waals surface area (Å²) < 4.78 is 0.888. The van der Waals surface area contributed by atoms with Gasteiger partial charge in [-0.3, -0.25) is 4.79 Å². The zero-order valence-corrected chi connectivity index (χ0v) is 12.0. The van der Waals surface area contributed by atoms with Gasteiger partial charge in [0.1, 0.15) is 0 Å². The second kappa shape index (κ2) is 5.55. The van der Waals surface area contributed by atoms with Crippen molar-refractivity contribution in [2.75, 3.05) is 5.32 Å². The van der Waals surface area contributed by atoms with E-state index in [2.05, 4.69) is 21.2 Å². The molecule has 2 aromatic carbocycles. The highest BCUT2D eigenvalue weighted by Gasteiger charge is 2.07. The summed E-state index contributed by atoms with van der Waals surface area (Å²) in [5.41, 5.74) is 2.33. The topological polar surface area (TPSA) is 29.1 Å². The van der Waals surface area contributed by atoms with E-state index in [-0.39, 0.29) is 5.91 Å². The van der Waals surface area contributed by atoms with Crippen LogP contribution >= 0.6 is 27.5 Å². The van der Waals surface area contributed by atoms with Crippen molar-refractivity contribution in [3.8, 4) is 0 Å². The summed E-state index contributed by atoms with van der Waals surface area (Å²) in [6.45, 7) is 1.95. The van der Waals surface area contributed by atoms with Crippen molar-refractivity contribution in [2.24, 2.45) is 0 Å². The van der Waals surface area contributed by atoms with Crippen LogP contribution in [0.1, 0.15) is 15.9 Å². The Labute approximate surface area is 119 Å². The maximum absolute atomic E-state index is 12.1. The number of carbonyl (C=O) groups is 1. The quantitative estimate of drug-likeness (QED) is 0.855. The maximum atomic E-state index is 12.1. The van der Waals surface area contributed by atoms with Crippen molar-refractivity contribution in [3.63, 3.8) is 0 Å². The molecular formula is C14H11BrClNO. The van der Waals surface area contributed by atoms with Crippen LogP contribution in [0.3, 0.4) is 0 Å². The monoisotopic (exact) mass is 323 g/mol. The van der Waals surface area contributed by atoms with Gasteiger partial charge in [-0.05, 0) is 48.9 Å². The Hall–Kier alpha value is -1.32. The summed E-state index contributed by atoms with van der Waals surface area (Å²) in [6, 6.07) is 12.6. The number of aryl methyl sites for hydroxylation is 1. The van der Waals surface area contributed by atoms with Gasteiger partial charge < -0.3 is 5.32 Å². The molecule has 0 heterocycles. The highest BCUT2D eigenvalue weighted by molar-refractivity contribution is 9.10. The molecular weight excluding hydrogens is 314 g/mol. The molecule has 92 valence electrons. The fourth-order valence-electron chi connectivity index (χ4n) is 1.64. The van der Waals surface area contributed by atoms with Crippen LogP contribution in [0.25, 0.3) is 0 Å². The molecule has 2 nitrogen and oxygen atoms in total. The number of amides is 1. The maximum Gasteiger partial charge on any atom is 0.255 e. The summed E-state index contributed by atoms with van der Waals surface area (Å²) in [7, 11) is 0. The fourth-order valence-corrected chi connectivity index (χ4v) is 2.43. The molecule has 0 unspecified atom stereocenters. The number of hydrogen-bond acceptors (Lipinski definition) is 1. The zero-order valence-electron chi connectivity index (χ0n) is 9.71. The molecule has 0 aromatic heterocycles. The third-order valence-electron chi connectivity index (χ3n) is 2.39.